The number of piperazine rings is 1. The van der Waals surface area contributed by atoms with Crippen molar-refractivity contribution in [2.45, 2.75) is 26.9 Å². The van der Waals surface area contributed by atoms with Crippen LogP contribution < -0.4 is 19.7 Å². The Balaban J connectivity index is 1.21. The topological polar surface area (TPSA) is 66.9 Å². The third kappa shape index (κ3) is 7.21. The first-order chi connectivity index (χ1) is 17.6. The molecule has 0 radical (unpaired) electrons. The number of nitrogens with zero attached hydrogens (tertiary/aromatic N) is 3. The Labute approximate surface area is 214 Å². The van der Waals surface area contributed by atoms with Gasteiger partial charge in [0.05, 0.1) is 6.61 Å². The van der Waals surface area contributed by atoms with Crippen LogP contribution in [0.3, 0.4) is 0 Å². The highest BCUT2D eigenvalue weighted by Crippen LogP contribution is 2.29. The van der Waals surface area contributed by atoms with E-state index in [2.05, 4.69) is 51.3 Å². The second-order valence-electron chi connectivity index (χ2n) is 9.02. The van der Waals surface area contributed by atoms with Gasteiger partial charge in [-0.1, -0.05) is 18.2 Å². The van der Waals surface area contributed by atoms with Crippen LogP contribution in [0.15, 0.2) is 67.0 Å². The molecule has 2 aromatic carbocycles. The lowest BCUT2D eigenvalue weighted by atomic mass is 10.1. The first-order valence-corrected chi connectivity index (χ1v) is 12.7. The molecule has 0 unspecified atom stereocenters. The number of benzene rings is 2. The number of carbonyl (C=O) groups is 1. The summed E-state index contributed by atoms with van der Waals surface area (Å²) in [6.45, 7) is 10.7. The van der Waals surface area contributed by atoms with Gasteiger partial charge < -0.3 is 19.7 Å². The van der Waals surface area contributed by atoms with Crippen molar-refractivity contribution in [1.82, 2.24) is 15.2 Å². The molecule has 1 amide bonds. The van der Waals surface area contributed by atoms with Crippen molar-refractivity contribution in [1.29, 1.82) is 0 Å². The molecule has 1 fully saturated rings. The van der Waals surface area contributed by atoms with Crippen molar-refractivity contribution in [2.24, 2.45) is 0 Å². The van der Waals surface area contributed by atoms with E-state index in [1.54, 1.807) is 30.6 Å². The first-order valence-electron chi connectivity index (χ1n) is 12.7. The van der Waals surface area contributed by atoms with Gasteiger partial charge in [-0.2, -0.15) is 0 Å². The Hall–Kier alpha value is -3.58. The molecule has 7 nitrogen and oxygen atoms in total. The highest BCUT2D eigenvalue weighted by atomic mass is 16.5. The normalized spacial score (nSPS) is 13.9. The van der Waals surface area contributed by atoms with Crippen LogP contribution in [0.1, 0.15) is 34.8 Å². The Morgan fingerprint density at radius 3 is 2.61 bits per heavy atom. The molecular weight excluding hydrogens is 452 g/mol. The second kappa shape index (κ2) is 12.9. The number of rotatable bonds is 11. The van der Waals surface area contributed by atoms with Crippen LogP contribution in [0.5, 0.6) is 11.5 Å². The molecule has 1 aromatic heterocycles. The van der Waals surface area contributed by atoms with Crippen LogP contribution in [0.25, 0.3) is 0 Å². The average molecular weight is 489 g/mol. The van der Waals surface area contributed by atoms with Crippen molar-refractivity contribution in [2.75, 3.05) is 50.8 Å². The molecule has 1 N–H and O–H groups in total. The summed E-state index contributed by atoms with van der Waals surface area (Å²) in [4.78, 5) is 21.8. The third-order valence-corrected chi connectivity index (χ3v) is 6.30. The van der Waals surface area contributed by atoms with E-state index in [1.807, 2.05) is 19.1 Å². The van der Waals surface area contributed by atoms with Gasteiger partial charge in [-0.3, -0.25) is 14.7 Å². The fraction of sp³-hybridized carbons (Fsp3) is 0.379. The van der Waals surface area contributed by atoms with E-state index in [4.69, 9.17) is 9.47 Å². The number of ether oxygens (including phenoxy) is 2. The van der Waals surface area contributed by atoms with Gasteiger partial charge in [0.1, 0.15) is 6.61 Å². The molecule has 1 saturated heterocycles. The van der Waals surface area contributed by atoms with E-state index in [0.29, 0.717) is 36.8 Å². The predicted octanol–water partition coefficient (Wildman–Crippen LogP) is 4.31. The third-order valence-electron chi connectivity index (χ3n) is 6.30. The zero-order valence-corrected chi connectivity index (χ0v) is 21.3. The SMILES string of the molecule is CCOc1cc(C(=O)NCCCN2CCN(c3cccc(C)c3)CC2)ccc1OCc1cccnc1. The number of aromatic nitrogens is 1. The molecule has 2 heterocycles. The zero-order chi connectivity index (χ0) is 25.2. The smallest absolute Gasteiger partial charge is 0.251 e. The van der Waals surface area contributed by atoms with Crippen molar-refractivity contribution in [3.8, 4) is 11.5 Å². The molecule has 0 saturated carbocycles. The number of hydrogen-bond acceptors (Lipinski definition) is 6. The highest BCUT2D eigenvalue weighted by molar-refractivity contribution is 5.94. The van der Waals surface area contributed by atoms with Gasteiger partial charge in [0.25, 0.3) is 5.91 Å². The van der Waals surface area contributed by atoms with E-state index in [-0.39, 0.29) is 5.91 Å². The molecule has 1 aliphatic rings. The van der Waals surface area contributed by atoms with Crippen LogP contribution in [0.4, 0.5) is 5.69 Å². The zero-order valence-electron chi connectivity index (χ0n) is 21.3. The molecule has 1 aliphatic heterocycles. The Morgan fingerprint density at radius 1 is 1.00 bits per heavy atom. The van der Waals surface area contributed by atoms with Crippen molar-refractivity contribution in [3.63, 3.8) is 0 Å². The van der Waals surface area contributed by atoms with Gasteiger partial charge in [-0.05, 0) is 68.8 Å². The summed E-state index contributed by atoms with van der Waals surface area (Å²) < 4.78 is 11.6. The summed E-state index contributed by atoms with van der Waals surface area (Å²) in [7, 11) is 0. The fourth-order valence-corrected chi connectivity index (χ4v) is 4.34. The van der Waals surface area contributed by atoms with Crippen LogP contribution >= 0.6 is 0 Å². The molecular formula is C29H36N4O3. The predicted molar refractivity (Wildman–Crippen MR) is 143 cm³/mol. The van der Waals surface area contributed by atoms with E-state index in [9.17, 15) is 4.79 Å². The van der Waals surface area contributed by atoms with Gasteiger partial charge in [0.15, 0.2) is 11.5 Å². The van der Waals surface area contributed by atoms with Gasteiger partial charge in [0.2, 0.25) is 0 Å². The minimum atomic E-state index is -0.0981. The molecule has 0 atom stereocenters. The molecule has 0 bridgehead atoms. The van der Waals surface area contributed by atoms with Crippen LogP contribution in [0.2, 0.25) is 0 Å². The monoisotopic (exact) mass is 488 g/mol. The summed E-state index contributed by atoms with van der Waals surface area (Å²) in [6, 6.07) is 17.9. The van der Waals surface area contributed by atoms with E-state index < -0.39 is 0 Å². The second-order valence-corrected chi connectivity index (χ2v) is 9.02. The van der Waals surface area contributed by atoms with Gasteiger partial charge in [-0.15, -0.1) is 0 Å². The average Bonchev–Trinajstić information content (AvgIpc) is 2.91. The lowest BCUT2D eigenvalue weighted by Gasteiger charge is -2.36. The number of pyridine rings is 1. The van der Waals surface area contributed by atoms with Gasteiger partial charge in [0, 0.05) is 61.9 Å². The van der Waals surface area contributed by atoms with Crippen molar-refractivity contribution >= 4 is 11.6 Å². The Bertz CT molecular complexity index is 1110. The summed E-state index contributed by atoms with van der Waals surface area (Å²) in [5.74, 6) is 1.08. The van der Waals surface area contributed by atoms with E-state index in [0.717, 1.165) is 44.7 Å². The number of hydrogen-bond donors (Lipinski definition) is 1. The quantitative estimate of drug-likeness (QED) is 0.406. The van der Waals surface area contributed by atoms with E-state index >= 15 is 0 Å². The summed E-state index contributed by atoms with van der Waals surface area (Å²) in [5, 5.41) is 3.05. The van der Waals surface area contributed by atoms with Crippen LogP contribution in [-0.2, 0) is 6.61 Å². The molecule has 3 aromatic rings. The minimum Gasteiger partial charge on any atom is -0.490 e. The summed E-state index contributed by atoms with van der Waals surface area (Å²) >= 11 is 0. The Kier molecular flexibility index (Phi) is 9.16. The molecule has 0 aliphatic carbocycles. The van der Waals surface area contributed by atoms with Crippen molar-refractivity contribution in [3.05, 3.63) is 83.7 Å². The standard InChI is InChI=1S/C29H36N4O3/c1-3-35-28-20-25(10-11-27(28)36-22-24-8-5-12-30-21-24)29(34)31-13-6-14-32-15-17-33(18-16-32)26-9-4-7-23(2)19-26/h4-5,7-12,19-21H,3,6,13-18,22H2,1-2H3,(H,31,34). The number of amides is 1. The maximum absolute atomic E-state index is 12.7. The molecule has 4 rings (SSSR count). The maximum Gasteiger partial charge on any atom is 0.251 e. The summed E-state index contributed by atoms with van der Waals surface area (Å²) in [5.41, 5.74) is 4.14. The molecule has 36 heavy (non-hydrogen) atoms. The largest absolute Gasteiger partial charge is 0.490 e. The lowest BCUT2D eigenvalue weighted by molar-refractivity contribution is 0.0951. The van der Waals surface area contributed by atoms with Crippen LogP contribution in [-0.4, -0.2) is 61.7 Å². The number of aryl methyl sites for hydroxylation is 1. The van der Waals surface area contributed by atoms with Crippen LogP contribution in [0, 0.1) is 6.92 Å². The highest BCUT2D eigenvalue weighted by Gasteiger charge is 2.17. The molecule has 7 heteroatoms. The molecule has 190 valence electrons. The maximum atomic E-state index is 12.7. The van der Waals surface area contributed by atoms with Crippen molar-refractivity contribution < 1.29 is 14.3 Å². The number of anilines is 1. The fourth-order valence-electron chi connectivity index (χ4n) is 4.34. The minimum absolute atomic E-state index is 0.0981. The first kappa shape index (κ1) is 25.5. The lowest BCUT2D eigenvalue weighted by Crippen LogP contribution is -2.47. The number of nitrogens with one attached hydrogen (secondary N) is 1. The van der Waals surface area contributed by atoms with E-state index in [1.165, 1.54) is 11.3 Å². The summed E-state index contributed by atoms with van der Waals surface area (Å²) in [6.07, 6.45) is 4.42. The van der Waals surface area contributed by atoms with Gasteiger partial charge >= 0.3 is 0 Å². The van der Waals surface area contributed by atoms with Gasteiger partial charge in [-0.25, -0.2) is 0 Å². The number of carbonyl (C=O) groups excluding carboxylic acids is 1. The Morgan fingerprint density at radius 2 is 1.86 bits per heavy atom. The molecule has 0 spiro atoms.